The summed E-state index contributed by atoms with van der Waals surface area (Å²) >= 11 is 6.49. The van der Waals surface area contributed by atoms with Gasteiger partial charge in [0.1, 0.15) is 5.82 Å². The number of carbonyl (C=O) groups is 1. The highest BCUT2D eigenvalue weighted by molar-refractivity contribution is 7.15. The van der Waals surface area contributed by atoms with Crippen LogP contribution in [0.3, 0.4) is 0 Å². The van der Waals surface area contributed by atoms with Crippen molar-refractivity contribution in [2.75, 3.05) is 7.11 Å². The Morgan fingerprint density at radius 1 is 1.52 bits per heavy atom. The number of benzene rings is 1. The molecular formula is C11H6ClFN2O5S. The van der Waals surface area contributed by atoms with Crippen LogP contribution in [-0.2, 0) is 4.74 Å². The highest BCUT2D eigenvalue weighted by atomic mass is 35.5. The summed E-state index contributed by atoms with van der Waals surface area (Å²) in [7, 11) is 1.17. The minimum Gasteiger partial charge on any atom is -0.465 e. The van der Waals surface area contributed by atoms with E-state index in [1.54, 1.807) is 0 Å². The molecule has 0 aliphatic carbocycles. The second-order valence-electron chi connectivity index (χ2n) is 3.56. The molecule has 0 radical (unpaired) electrons. The fourth-order valence-electron chi connectivity index (χ4n) is 1.36. The molecule has 2 aromatic rings. The van der Waals surface area contributed by atoms with E-state index in [9.17, 15) is 19.3 Å². The lowest BCUT2D eigenvalue weighted by atomic mass is 10.3. The number of nitro benzene ring substituents is 1. The first-order valence-corrected chi connectivity index (χ1v) is 6.48. The Labute approximate surface area is 126 Å². The van der Waals surface area contributed by atoms with Gasteiger partial charge < -0.3 is 9.47 Å². The predicted molar refractivity (Wildman–Crippen MR) is 71.6 cm³/mol. The third kappa shape index (κ3) is 3.26. The Balaban J connectivity index is 2.35. The van der Waals surface area contributed by atoms with E-state index in [2.05, 4.69) is 9.72 Å². The molecule has 0 bridgehead atoms. The summed E-state index contributed by atoms with van der Waals surface area (Å²) in [6.07, 6.45) is 0. The molecule has 0 unspecified atom stereocenters. The van der Waals surface area contributed by atoms with Gasteiger partial charge >= 0.3 is 11.7 Å². The lowest BCUT2D eigenvalue weighted by Crippen LogP contribution is -1.98. The van der Waals surface area contributed by atoms with Crippen molar-refractivity contribution in [3.05, 3.63) is 44.2 Å². The number of rotatable bonds is 4. The SMILES string of the molecule is COC(=O)c1sc(Oc2ccc(F)cc2[N+](=O)[O-])nc1Cl. The minimum absolute atomic E-state index is 0.000989. The van der Waals surface area contributed by atoms with Crippen LogP contribution in [0.1, 0.15) is 9.67 Å². The van der Waals surface area contributed by atoms with E-state index in [4.69, 9.17) is 16.3 Å². The molecule has 0 saturated heterocycles. The normalized spacial score (nSPS) is 10.2. The van der Waals surface area contributed by atoms with Crippen LogP contribution in [0.2, 0.25) is 5.15 Å². The van der Waals surface area contributed by atoms with Crippen molar-refractivity contribution in [2.24, 2.45) is 0 Å². The smallest absolute Gasteiger partial charge is 0.351 e. The maximum atomic E-state index is 13.0. The van der Waals surface area contributed by atoms with Crippen LogP contribution in [0, 0.1) is 15.9 Å². The van der Waals surface area contributed by atoms with Crippen molar-refractivity contribution < 1.29 is 23.6 Å². The van der Waals surface area contributed by atoms with Gasteiger partial charge in [0, 0.05) is 0 Å². The zero-order valence-corrected chi connectivity index (χ0v) is 11.9. The summed E-state index contributed by atoms with van der Waals surface area (Å²) in [6, 6.07) is 2.80. The van der Waals surface area contributed by atoms with Crippen LogP contribution in [-0.4, -0.2) is 23.0 Å². The van der Waals surface area contributed by atoms with E-state index in [0.29, 0.717) is 6.07 Å². The first-order chi connectivity index (χ1) is 9.92. The van der Waals surface area contributed by atoms with Gasteiger partial charge in [0.25, 0.3) is 5.19 Å². The van der Waals surface area contributed by atoms with E-state index in [1.165, 1.54) is 7.11 Å². The highest BCUT2D eigenvalue weighted by Gasteiger charge is 2.22. The fraction of sp³-hybridized carbons (Fsp3) is 0.0909. The molecule has 1 aromatic carbocycles. The summed E-state index contributed by atoms with van der Waals surface area (Å²) < 4.78 is 22.7. The molecule has 0 fully saturated rings. The third-order valence-electron chi connectivity index (χ3n) is 2.25. The van der Waals surface area contributed by atoms with Gasteiger partial charge in [-0.2, -0.15) is 4.98 Å². The second-order valence-corrected chi connectivity index (χ2v) is 4.88. The number of thiazole rings is 1. The lowest BCUT2D eigenvalue weighted by Gasteiger charge is -2.02. The van der Waals surface area contributed by atoms with E-state index < -0.39 is 22.4 Å². The number of nitrogens with zero attached hydrogens (tertiary/aromatic N) is 2. The molecule has 0 N–H and O–H groups in total. The summed E-state index contributed by atoms with van der Waals surface area (Å²) in [5.41, 5.74) is -0.569. The highest BCUT2D eigenvalue weighted by Crippen LogP contribution is 2.36. The zero-order chi connectivity index (χ0) is 15.6. The average molecular weight is 333 g/mol. The van der Waals surface area contributed by atoms with Crippen molar-refractivity contribution in [1.82, 2.24) is 4.98 Å². The largest absolute Gasteiger partial charge is 0.465 e. The average Bonchev–Trinajstić information content (AvgIpc) is 2.80. The molecule has 0 atom stereocenters. The van der Waals surface area contributed by atoms with E-state index in [-0.39, 0.29) is 21.0 Å². The number of aromatic nitrogens is 1. The van der Waals surface area contributed by atoms with E-state index in [1.807, 2.05) is 0 Å². The van der Waals surface area contributed by atoms with Gasteiger partial charge in [-0.15, -0.1) is 0 Å². The number of methoxy groups -OCH3 is 1. The Kier molecular flexibility index (Phi) is 4.34. The molecule has 110 valence electrons. The maximum Gasteiger partial charge on any atom is 0.351 e. The molecule has 0 saturated carbocycles. The number of nitro groups is 1. The third-order valence-corrected chi connectivity index (χ3v) is 3.55. The van der Waals surface area contributed by atoms with Crippen LogP contribution >= 0.6 is 22.9 Å². The van der Waals surface area contributed by atoms with E-state index in [0.717, 1.165) is 23.5 Å². The Morgan fingerprint density at radius 3 is 2.86 bits per heavy atom. The number of halogens is 2. The molecule has 0 aliphatic rings. The van der Waals surface area contributed by atoms with Crippen LogP contribution in [0.4, 0.5) is 10.1 Å². The first-order valence-electron chi connectivity index (χ1n) is 5.28. The van der Waals surface area contributed by atoms with E-state index >= 15 is 0 Å². The van der Waals surface area contributed by atoms with Crippen molar-refractivity contribution in [1.29, 1.82) is 0 Å². The number of ether oxygens (including phenoxy) is 2. The molecule has 1 aromatic heterocycles. The molecule has 10 heteroatoms. The van der Waals surface area contributed by atoms with Crippen LogP contribution < -0.4 is 4.74 Å². The van der Waals surface area contributed by atoms with Crippen molar-refractivity contribution in [2.45, 2.75) is 0 Å². The molecule has 0 spiro atoms. The van der Waals surface area contributed by atoms with Gasteiger partial charge in [-0.3, -0.25) is 10.1 Å². The lowest BCUT2D eigenvalue weighted by molar-refractivity contribution is -0.385. The van der Waals surface area contributed by atoms with Gasteiger partial charge in [0.2, 0.25) is 5.75 Å². The molecule has 0 aliphatic heterocycles. The fourth-order valence-corrected chi connectivity index (χ4v) is 2.42. The number of hydrogen-bond acceptors (Lipinski definition) is 7. The maximum absolute atomic E-state index is 13.0. The van der Waals surface area contributed by atoms with Gasteiger partial charge in [-0.25, -0.2) is 9.18 Å². The first kappa shape index (κ1) is 15.1. The summed E-state index contributed by atoms with van der Waals surface area (Å²) in [5.74, 6) is -1.70. The van der Waals surface area contributed by atoms with Crippen molar-refractivity contribution >= 4 is 34.6 Å². The quantitative estimate of drug-likeness (QED) is 0.484. The van der Waals surface area contributed by atoms with Crippen LogP contribution in [0.25, 0.3) is 0 Å². The van der Waals surface area contributed by atoms with Gasteiger partial charge in [0.15, 0.2) is 10.0 Å². The van der Waals surface area contributed by atoms with Gasteiger partial charge in [-0.1, -0.05) is 22.9 Å². The monoisotopic (exact) mass is 332 g/mol. The second kappa shape index (κ2) is 6.02. The molecule has 2 rings (SSSR count). The molecule has 1 heterocycles. The standard InChI is InChI=1S/C11H6ClFN2O5S/c1-19-10(16)8-9(12)14-11(21-8)20-7-3-2-5(13)4-6(7)15(17)18/h2-4H,1H3. The van der Waals surface area contributed by atoms with Gasteiger partial charge in [-0.05, 0) is 12.1 Å². The molecular weight excluding hydrogens is 327 g/mol. The summed E-state index contributed by atoms with van der Waals surface area (Å²) in [6.45, 7) is 0. The Bertz CT molecular complexity index is 721. The number of esters is 1. The Hall–Kier alpha value is -2.26. The molecule has 7 nitrogen and oxygen atoms in total. The Morgan fingerprint density at radius 2 is 2.24 bits per heavy atom. The summed E-state index contributed by atoms with van der Waals surface area (Å²) in [5, 5.41) is 10.6. The predicted octanol–water partition coefficient (Wildman–Crippen LogP) is 3.42. The van der Waals surface area contributed by atoms with Crippen molar-refractivity contribution in [3.8, 4) is 10.9 Å². The van der Waals surface area contributed by atoms with Gasteiger partial charge in [0.05, 0.1) is 18.1 Å². The number of hydrogen-bond donors (Lipinski definition) is 0. The van der Waals surface area contributed by atoms with Crippen LogP contribution in [0.5, 0.6) is 10.9 Å². The minimum atomic E-state index is -0.797. The zero-order valence-electron chi connectivity index (χ0n) is 10.3. The van der Waals surface area contributed by atoms with Crippen molar-refractivity contribution in [3.63, 3.8) is 0 Å². The number of carbonyl (C=O) groups excluding carboxylic acids is 1. The molecule has 0 amide bonds. The topological polar surface area (TPSA) is 91.6 Å². The van der Waals surface area contributed by atoms with Crippen LogP contribution in [0.15, 0.2) is 18.2 Å². The summed E-state index contributed by atoms with van der Waals surface area (Å²) in [4.78, 5) is 25.1. The molecule has 21 heavy (non-hydrogen) atoms.